The molecule has 0 bridgehead atoms. The normalized spacial score (nSPS) is 57.4. The maximum atomic E-state index is 12.1. The number of ether oxygens (including phenoxy) is 10. The van der Waals surface area contributed by atoms with Gasteiger partial charge in [-0.05, 0) is 99.7 Å². The van der Waals surface area contributed by atoms with E-state index in [1.807, 2.05) is 6.92 Å². The molecule has 6 heterocycles. The van der Waals surface area contributed by atoms with Crippen LogP contribution in [0.1, 0.15) is 92.4 Å². The van der Waals surface area contributed by atoms with Crippen molar-refractivity contribution in [3.8, 4) is 0 Å². The Kier molecular flexibility index (Phi) is 16.0. The Morgan fingerprint density at radius 3 is 1.97 bits per heavy atom. The van der Waals surface area contributed by atoms with E-state index < -0.39 is 160 Å². The summed E-state index contributed by atoms with van der Waals surface area (Å²) in [5, 5.41) is 137. The number of hydrogen-bond acceptors (Lipinski definition) is 23. The molecule has 10 rings (SSSR count). The van der Waals surface area contributed by atoms with E-state index in [0.717, 1.165) is 32.1 Å². The van der Waals surface area contributed by atoms with Crippen LogP contribution >= 0.6 is 0 Å². The van der Waals surface area contributed by atoms with Crippen LogP contribution in [-0.4, -0.2) is 239 Å². The standard InChI is InChI=1S/C51H82O23/c1-20-31-27(73-51(20)13-12-48(3,74-51)19-65-45-38(61)36(59)33(56)29(17-53)69-45)15-26-24-7-6-22-14-23(8-10-49(22,4)25(24)9-11-50(26,31)5)67-47-43(72-46-39(62)35(58)32(55)21(2)66-46)40(63)41(30(18-54)70-47)71-42-37(60)34(57)28(16-52)68-44(42)64/h6,20-21,23-47,52-64H,7-19H2,1-5H3. The predicted molar refractivity (Wildman–Crippen MR) is 248 cm³/mol. The molecule has 4 aliphatic carbocycles. The largest absolute Gasteiger partial charge is 0.394 e. The first-order valence-corrected chi connectivity index (χ1v) is 26.9. The van der Waals surface area contributed by atoms with Gasteiger partial charge in [0, 0.05) is 12.3 Å². The monoisotopic (exact) mass is 1060 g/mol. The summed E-state index contributed by atoms with van der Waals surface area (Å²) in [5.41, 5.74) is 0.332. The maximum absolute atomic E-state index is 12.1. The van der Waals surface area contributed by atoms with Crippen LogP contribution in [0.3, 0.4) is 0 Å². The van der Waals surface area contributed by atoms with Gasteiger partial charge in [0.2, 0.25) is 0 Å². The fourth-order valence-electron chi connectivity index (χ4n) is 15.7. The molecular formula is C51H82O23. The van der Waals surface area contributed by atoms with Crippen molar-refractivity contribution in [2.45, 2.75) is 239 Å². The molecule has 6 saturated heterocycles. The average Bonchev–Trinajstić information content (AvgIpc) is 4.01. The van der Waals surface area contributed by atoms with Crippen molar-refractivity contribution in [1.82, 2.24) is 0 Å². The van der Waals surface area contributed by atoms with Crippen molar-refractivity contribution < 1.29 is 114 Å². The molecule has 10 aliphatic rings. The molecule has 3 saturated carbocycles. The lowest BCUT2D eigenvalue weighted by Crippen LogP contribution is -2.67. The summed E-state index contributed by atoms with van der Waals surface area (Å²) in [4.78, 5) is 0. The van der Waals surface area contributed by atoms with E-state index in [9.17, 15) is 66.4 Å². The van der Waals surface area contributed by atoms with Crippen LogP contribution in [0.4, 0.5) is 0 Å². The van der Waals surface area contributed by atoms with Crippen LogP contribution in [0.25, 0.3) is 0 Å². The highest BCUT2D eigenvalue weighted by atomic mass is 16.8. The zero-order chi connectivity index (χ0) is 53.1. The number of rotatable bonds is 12. The van der Waals surface area contributed by atoms with Gasteiger partial charge in [-0.2, -0.15) is 0 Å². The van der Waals surface area contributed by atoms with Gasteiger partial charge in [-0.1, -0.05) is 32.4 Å². The lowest BCUT2D eigenvalue weighted by atomic mass is 9.47. The van der Waals surface area contributed by atoms with Crippen LogP contribution in [0.2, 0.25) is 0 Å². The van der Waals surface area contributed by atoms with Crippen LogP contribution in [-0.2, 0) is 47.4 Å². The van der Waals surface area contributed by atoms with E-state index in [2.05, 4.69) is 26.8 Å². The average molecular weight is 1060 g/mol. The number of fused-ring (bicyclic) bond motifs is 7. The van der Waals surface area contributed by atoms with Crippen LogP contribution in [0.5, 0.6) is 0 Å². The summed E-state index contributed by atoms with van der Waals surface area (Å²) < 4.78 is 61.7. The molecule has 0 aromatic rings. The van der Waals surface area contributed by atoms with Crippen molar-refractivity contribution in [2.24, 2.45) is 40.4 Å². The third-order valence-electron chi connectivity index (χ3n) is 19.9. The van der Waals surface area contributed by atoms with E-state index >= 15 is 0 Å². The van der Waals surface area contributed by atoms with Crippen LogP contribution in [0.15, 0.2) is 11.6 Å². The highest BCUT2D eigenvalue weighted by Gasteiger charge is 2.70. The summed E-state index contributed by atoms with van der Waals surface area (Å²) in [6.45, 7) is 8.49. The Morgan fingerprint density at radius 2 is 1.26 bits per heavy atom. The Balaban J connectivity index is 0.811. The Morgan fingerprint density at radius 1 is 0.595 bits per heavy atom. The molecule has 9 fully saturated rings. The van der Waals surface area contributed by atoms with Gasteiger partial charge in [-0.15, -0.1) is 0 Å². The SMILES string of the molecule is CC1OC(OC2C(OC3CCC4(C)C(=CCC5C4CCC4(C)C5CC5OC6(CCC(C)(COC7OC(CO)C(O)C(O)C7O)O6)C(C)C54)C3)OC(CO)C(OC3C(O)OC(CO)C(O)C3O)C2O)C(O)C(O)C1O. The maximum Gasteiger partial charge on any atom is 0.187 e. The Bertz CT molecular complexity index is 1990. The molecule has 13 N–H and O–H groups in total. The van der Waals surface area contributed by atoms with Crippen LogP contribution < -0.4 is 0 Å². The molecule has 0 amide bonds. The van der Waals surface area contributed by atoms with Crippen LogP contribution in [0, 0.1) is 40.4 Å². The summed E-state index contributed by atoms with van der Waals surface area (Å²) in [5.74, 6) is 0.725. The fraction of sp³-hybridized carbons (Fsp3) is 0.961. The zero-order valence-corrected chi connectivity index (χ0v) is 42.8. The van der Waals surface area contributed by atoms with E-state index in [-0.39, 0.29) is 35.4 Å². The molecule has 0 aromatic carbocycles. The number of aliphatic hydroxyl groups excluding tert-OH is 13. The molecule has 23 heteroatoms. The first kappa shape index (κ1) is 56.1. The minimum atomic E-state index is -1.88. The van der Waals surface area contributed by atoms with E-state index in [0.29, 0.717) is 43.4 Å². The van der Waals surface area contributed by atoms with Crippen molar-refractivity contribution in [1.29, 1.82) is 0 Å². The molecule has 424 valence electrons. The molecule has 1 spiro atoms. The minimum Gasteiger partial charge on any atom is -0.394 e. The second kappa shape index (κ2) is 21.0. The molecule has 0 aromatic heterocycles. The first-order valence-electron chi connectivity index (χ1n) is 26.9. The molecule has 31 atom stereocenters. The second-order valence-corrected chi connectivity index (χ2v) is 24.2. The summed E-state index contributed by atoms with van der Waals surface area (Å²) >= 11 is 0. The van der Waals surface area contributed by atoms with Gasteiger partial charge in [0.05, 0.1) is 50.3 Å². The molecule has 74 heavy (non-hydrogen) atoms. The fourth-order valence-corrected chi connectivity index (χ4v) is 15.7. The van der Waals surface area contributed by atoms with E-state index in [4.69, 9.17) is 47.4 Å². The van der Waals surface area contributed by atoms with Gasteiger partial charge in [0.15, 0.2) is 30.9 Å². The third kappa shape index (κ3) is 9.38. The van der Waals surface area contributed by atoms with E-state index in [1.165, 1.54) is 12.5 Å². The van der Waals surface area contributed by atoms with Gasteiger partial charge in [-0.3, -0.25) is 0 Å². The van der Waals surface area contributed by atoms with Crippen molar-refractivity contribution in [3.63, 3.8) is 0 Å². The highest BCUT2D eigenvalue weighted by molar-refractivity contribution is 5.27. The predicted octanol–water partition coefficient (Wildman–Crippen LogP) is -2.85. The Hall–Kier alpha value is -1.18. The van der Waals surface area contributed by atoms with Gasteiger partial charge >= 0.3 is 0 Å². The van der Waals surface area contributed by atoms with Gasteiger partial charge in [-0.25, -0.2) is 0 Å². The zero-order valence-electron chi connectivity index (χ0n) is 42.8. The molecule has 6 aliphatic heterocycles. The van der Waals surface area contributed by atoms with Gasteiger partial charge in [0.25, 0.3) is 0 Å². The smallest absolute Gasteiger partial charge is 0.187 e. The first-order chi connectivity index (χ1) is 35.0. The minimum absolute atomic E-state index is 0.00319. The topological polar surface area (TPSA) is 355 Å². The number of hydrogen-bond donors (Lipinski definition) is 13. The lowest BCUT2D eigenvalue weighted by Gasteiger charge is -2.58. The lowest BCUT2D eigenvalue weighted by molar-refractivity contribution is -0.383. The summed E-state index contributed by atoms with van der Waals surface area (Å²) in [6.07, 6.45) is -21.5. The molecular weight excluding hydrogens is 981 g/mol. The number of allylic oxidation sites excluding steroid dienone is 1. The third-order valence-corrected chi connectivity index (χ3v) is 19.9. The highest BCUT2D eigenvalue weighted by Crippen LogP contribution is 2.71. The molecule has 31 unspecified atom stereocenters. The Labute approximate surface area is 430 Å². The van der Waals surface area contributed by atoms with Crippen molar-refractivity contribution >= 4 is 0 Å². The summed E-state index contributed by atoms with van der Waals surface area (Å²) in [6, 6.07) is 0. The number of aliphatic hydroxyl groups is 13. The van der Waals surface area contributed by atoms with Gasteiger partial charge < -0.3 is 114 Å². The quantitative estimate of drug-likeness (QED) is 0.0875. The van der Waals surface area contributed by atoms with Gasteiger partial charge in [0.1, 0.15) is 91.6 Å². The second-order valence-electron chi connectivity index (χ2n) is 24.2. The summed E-state index contributed by atoms with van der Waals surface area (Å²) in [7, 11) is 0. The van der Waals surface area contributed by atoms with Crippen molar-refractivity contribution in [3.05, 3.63) is 11.6 Å². The van der Waals surface area contributed by atoms with E-state index in [1.54, 1.807) is 0 Å². The van der Waals surface area contributed by atoms with Crippen molar-refractivity contribution in [2.75, 3.05) is 26.4 Å². The molecule has 23 nitrogen and oxygen atoms in total. The molecule has 0 radical (unpaired) electrons.